The van der Waals surface area contributed by atoms with Crippen LogP contribution in [0.2, 0.25) is 0 Å². The van der Waals surface area contributed by atoms with E-state index in [0.29, 0.717) is 19.0 Å². The quantitative estimate of drug-likeness (QED) is 0.778. The van der Waals surface area contributed by atoms with Crippen LogP contribution in [0.4, 0.5) is 4.79 Å². The van der Waals surface area contributed by atoms with E-state index in [-0.39, 0.29) is 0 Å². The average Bonchev–Trinajstić information content (AvgIpc) is 2.28. The Balaban J connectivity index is 2.64. The number of amides is 1. The Hall–Kier alpha value is -0.340. The first kappa shape index (κ1) is 13.7. The highest BCUT2D eigenvalue weighted by Crippen LogP contribution is 2.20. The minimum Gasteiger partial charge on any atom is -0.452 e. The van der Waals surface area contributed by atoms with Crippen LogP contribution < -0.4 is 4.72 Å². The van der Waals surface area contributed by atoms with Gasteiger partial charge in [0.15, 0.2) is 0 Å². The number of hydrogen-bond acceptors (Lipinski definition) is 4. The lowest BCUT2D eigenvalue weighted by atomic mass is 10.0. The molecule has 16 heavy (non-hydrogen) atoms. The van der Waals surface area contributed by atoms with Gasteiger partial charge in [0.05, 0.1) is 7.11 Å². The van der Waals surface area contributed by atoms with Crippen molar-refractivity contribution in [1.82, 2.24) is 9.03 Å². The minimum absolute atomic E-state index is 0.294. The summed E-state index contributed by atoms with van der Waals surface area (Å²) in [4.78, 5) is 10.9. The van der Waals surface area contributed by atoms with E-state index in [1.165, 1.54) is 4.31 Å². The monoisotopic (exact) mass is 314 g/mol. The molecule has 8 heteroatoms. The SMILES string of the molecule is COC(=O)NS(=O)(=O)N1CCCC(CBr)C1. The number of carbonyl (C=O) groups is 1. The van der Waals surface area contributed by atoms with Crippen LogP contribution in [0.3, 0.4) is 0 Å². The Morgan fingerprint density at radius 1 is 1.62 bits per heavy atom. The number of methoxy groups -OCH3 is 1. The molecule has 0 bridgehead atoms. The van der Waals surface area contributed by atoms with Gasteiger partial charge in [-0.3, -0.25) is 0 Å². The molecular weight excluding hydrogens is 300 g/mol. The normalized spacial score (nSPS) is 22.8. The van der Waals surface area contributed by atoms with E-state index in [1.807, 2.05) is 4.72 Å². The van der Waals surface area contributed by atoms with Crippen LogP contribution in [0.5, 0.6) is 0 Å². The molecule has 1 rings (SSSR count). The summed E-state index contributed by atoms with van der Waals surface area (Å²) in [5, 5.41) is 0.761. The molecule has 1 atom stereocenters. The summed E-state index contributed by atoms with van der Waals surface area (Å²) in [6.45, 7) is 0.868. The zero-order valence-electron chi connectivity index (χ0n) is 8.98. The van der Waals surface area contributed by atoms with E-state index < -0.39 is 16.3 Å². The number of carbonyl (C=O) groups excluding carboxylic acids is 1. The second-order valence-corrected chi connectivity index (χ2v) is 5.94. The second-order valence-electron chi connectivity index (χ2n) is 3.62. The van der Waals surface area contributed by atoms with E-state index >= 15 is 0 Å². The highest BCUT2D eigenvalue weighted by molar-refractivity contribution is 9.09. The van der Waals surface area contributed by atoms with Gasteiger partial charge in [0.1, 0.15) is 0 Å². The van der Waals surface area contributed by atoms with Gasteiger partial charge in [-0.1, -0.05) is 15.9 Å². The molecule has 1 unspecified atom stereocenters. The number of nitrogens with zero attached hydrogens (tertiary/aromatic N) is 1. The lowest BCUT2D eigenvalue weighted by Gasteiger charge is -2.30. The van der Waals surface area contributed by atoms with E-state index in [9.17, 15) is 13.2 Å². The maximum absolute atomic E-state index is 11.7. The maximum Gasteiger partial charge on any atom is 0.421 e. The third kappa shape index (κ3) is 3.60. The predicted octanol–water partition coefficient (Wildman–Crippen LogP) is 0.694. The number of halogens is 1. The van der Waals surface area contributed by atoms with Crippen LogP contribution in [-0.4, -0.2) is 44.3 Å². The second kappa shape index (κ2) is 5.83. The van der Waals surface area contributed by atoms with Gasteiger partial charge in [-0.05, 0) is 18.8 Å². The summed E-state index contributed by atoms with van der Waals surface area (Å²) < 4.78 is 30.8. The summed E-state index contributed by atoms with van der Waals surface area (Å²) in [5.41, 5.74) is 0. The van der Waals surface area contributed by atoms with Gasteiger partial charge < -0.3 is 4.74 Å². The smallest absolute Gasteiger partial charge is 0.421 e. The van der Waals surface area contributed by atoms with E-state index in [2.05, 4.69) is 20.7 Å². The van der Waals surface area contributed by atoms with Crippen LogP contribution in [-0.2, 0) is 14.9 Å². The average molecular weight is 315 g/mol. The number of rotatable bonds is 3. The molecule has 0 aliphatic carbocycles. The molecule has 1 amide bonds. The summed E-state index contributed by atoms with van der Waals surface area (Å²) in [6, 6.07) is 0. The molecule has 1 aliphatic rings. The molecule has 0 radical (unpaired) electrons. The van der Waals surface area contributed by atoms with Gasteiger partial charge in [0, 0.05) is 18.4 Å². The summed E-state index contributed by atoms with van der Waals surface area (Å²) >= 11 is 3.34. The topological polar surface area (TPSA) is 75.7 Å². The highest BCUT2D eigenvalue weighted by atomic mass is 79.9. The fourth-order valence-corrected chi connectivity index (χ4v) is 3.31. The largest absolute Gasteiger partial charge is 0.452 e. The Bertz CT molecular complexity index is 346. The van der Waals surface area contributed by atoms with Crippen molar-refractivity contribution < 1.29 is 17.9 Å². The molecule has 1 heterocycles. The molecule has 1 fully saturated rings. The van der Waals surface area contributed by atoms with Crippen LogP contribution in [0.15, 0.2) is 0 Å². The number of piperidine rings is 1. The van der Waals surface area contributed by atoms with Crippen LogP contribution in [0.1, 0.15) is 12.8 Å². The van der Waals surface area contributed by atoms with Gasteiger partial charge in [-0.25, -0.2) is 9.52 Å². The minimum atomic E-state index is -3.75. The zero-order chi connectivity index (χ0) is 12.2. The predicted molar refractivity (Wildman–Crippen MR) is 62.6 cm³/mol. The number of alkyl halides is 1. The van der Waals surface area contributed by atoms with Gasteiger partial charge in [-0.15, -0.1) is 0 Å². The van der Waals surface area contributed by atoms with Crippen molar-refractivity contribution in [3.05, 3.63) is 0 Å². The lowest BCUT2D eigenvalue weighted by molar-refractivity contribution is 0.176. The molecule has 0 aromatic rings. The molecule has 0 spiro atoms. The maximum atomic E-state index is 11.7. The third-order valence-electron chi connectivity index (χ3n) is 2.44. The lowest BCUT2D eigenvalue weighted by Crippen LogP contribution is -2.48. The summed E-state index contributed by atoms with van der Waals surface area (Å²) in [7, 11) is -2.62. The van der Waals surface area contributed by atoms with E-state index in [1.54, 1.807) is 0 Å². The van der Waals surface area contributed by atoms with Crippen molar-refractivity contribution in [3.8, 4) is 0 Å². The van der Waals surface area contributed by atoms with Crippen molar-refractivity contribution in [2.24, 2.45) is 5.92 Å². The number of ether oxygens (including phenoxy) is 1. The Morgan fingerprint density at radius 3 is 2.88 bits per heavy atom. The van der Waals surface area contributed by atoms with Crippen LogP contribution >= 0.6 is 15.9 Å². The molecule has 1 saturated heterocycles. The van der Waals surface area contributed by atoms with Gasteiger partial charge in [0.2, 0.25) is 0 Å². The van der Waals surface area contributed by atoms with Crippen molar-refractivity contribution in [3.63, 3.8) is 0 Å². The van der Waals surface area contributed by atoms with Crippen LogP contribution in [0, 0.1) is 5.92 Å². The van der Waals surface area contributed by atoms with Crippen molar-refractivity contribution >= 4 is 32.2 Å². The molecule has 0 saturated carbocycles. The first-order chi connectivity index (χ1) is 7.49. The van der Waals surface area contributed by atoms with Crippen LogP contribution in [0.25, 0.3) is 0 Å². The molecule has 0 aromatic carbocycles. The third-order valence-corrected chi connectivity index (χ3v) is 4.79. The van der Waals surface area contributed by atoms with Gasteiger partial charge in [0.25, 0.3) is 0 Å². The molecular formula is C8H15BrN2O4S. The van der Waals surface area contributed by atoms with Gasteiger partial charge in [-0.2, -0.15) is 12.7 Å². The highest BCUT2D eigenvalue weighted by Gasteiger charge is 2.29. The Labute approximate surface area is 104 Å². The van der Waals surface area contributed by atoms with Gasteiger partial charge >= 0.3 is 16.3 Å². The van der Waals surface area contributed by atoms with E-state index in [0.717, 1.165) is 25.3 Å². The van der Waals surface area contributed by atoms with Crippen molar-refractivity contribution in [1.29, 1.82) is 0 Å². The number of hydrogen-bond donors (Lipinski definition) is 1. The summed E-state index contributed by atoms with van der Waals surface area (Å²) in [5.74, 6) is 0.294. The number of nitrogens with one attached hydrogen (secondary N) is 1. The first-order valence-corrected chi connectivity index (χ1v) is 7.47. The molecule has 1 aliphatic heterocycles. The standard InChI is InChI=1S/C8H15BrN2O4S/c1-15-8(12)10-16(13,14)11-4-2-3-7(5-9)6-11/h7H,2-6H2,1H3,(H,10,12). The molecule has 1 N–H and O–H groups in total. The fraction of sp³-hybridized carbons (Fsp3) is 0.875. The molecule has 94 valence electrons. The molecule has 6 nitrogen and oxygen atoms in total. The first-order valence-electron chi connectivity index (χ1n) is 4.91. The molecule has 0 aromatic heterocycles. The van der Waals surface area contributed by atoms with E-state index in [4.69, 9.17) is 0 Å². The zero-order valence-corrected chi connectivity index (χ0v) is 11.4. The Kier molecular flexibility index (Phi) is 5.00. The van der Waals surface area contributed by atoms with Crippen molar-refractivity contribution in [2.45, 2.75) is 12.8 Å². The Morgan fingerprint density at radius 2 is 2.31 bits per heavy atom. The van der Waals surface area contributed by atoms with Crippen molar-refractivity contribution in [2.75, 3.05) is 25.5 Å². The fourth-order valence-electron chi connectivity index (χ4n) is 1.58. The summed E-state index contributed by atoms with van der Waals surface area (Å²) in [6.07, 6.45) is 0.842.